The lowest BCUT2D eigenvalue weighted by Gasteiger charge is -2.28. The second-order valence-corrected chi connectivity index (χ2v) is 5.48. The van der Waals surface area contributed by atoms with Crippen LogP contribution in [0, 0.1) is 0 Å². The summed E-state index contributed by atoms with van der Waals surface area (Å²) in [5, 5.41) is 0.461. The summed E-state index contributed by atoms with van der Waals surface area (Å²) in [6.45, 7) is 2.43. The minimum atomic E-state index is -4.95. The third-order valence-electron chi connectivity index (χ3n) is 3.96. The van der Waals surface area contributed by atoms with E-state index >= 15 is 0 Å². The van der Waals surface area contributed by atoms with Crippen LogP contribution in [0.15, 0.2) is 24.4 Å². The van der Waals surface area contributed by atoms with Crippen molar-refractivity contribution < 1.29 is 27.5 Å². The molecule has 0 N–H and O–H groups in total. The van der Waals surface area contributed by atoms with Gasteiger partial charge in [0.2, 0.25) is 0 Å². The Hall–Kier alpha value is -2.51. The van der Waals surface area contributed by atoms with Crippen molar-refractivity contribution in [2.24, 2.45) is 0 Å². The number of amides is 1. The summed E-state index contributed by atoms with van der Waals surface area (Å²) in [4.78, 5) is 25.0. The predicted molar refractivity (Wildman–Crippen MR) is 81.3 cm³/mol. The summed E-state index contributed by atoms with van der Waals surface area (Å²) in [5.74, 6) is -1.93. The molecule has 1 aromatic heterocycles. The Morgan fingerprint density at radius 1 is 1.29 bits per heavy atom. The highest BCUT2D eigenvalue weighted by molar-refractivity contribution is 5.99. The van der Waals surface area contributed by atoms with Gasteiger partial charge < -0.3 is 4.74 Å². The van der Waals surface area contributed by atoms with Gasteiger partial charge in [-0.2, -0.15) is 13.2 Å². The van der Waals surface area contributed by atoms with Gasteiger partial charge in [-0.05, 0) is 43.5 Å². The highest BCUT2D eigenvalue weighted by Crippen LogP contribution is 2.33. The predicted octanol–water partition coefficient (Wildman–Crippen LogP) is 3.75. The van der Waals surface area contributed by atoms with Gasteiger partial charge in [-0.3, -0.25) is 14.3 Å². The van der Waals surface area contributed by atoms with E-state index in [4.69, 9.17) is 4.74 Å². The Morgan fingerprint density at radius 3 is 2.71 bits per heavy atom. The Bertz CT molecular complexity index is 811. The van der Waals surface area contributed by atoms with Crippen molar-refractivity contribution in [1.82, 2.24) is 4.57 Å². The van der Waals surface area contributed by atoms with Crippen LogP contribution in [0.1, 0.15) is 23.7 Å². The lowest BCUT2D eigenvalue weighted by atomic mass is 10.0. The molecule has 0 aliphatic carbocycles. The maximum atomic E-state index is 12.7. The number of anilines is 1. The second-order valence-electron chi connectivity index (χ2n) is 5.48. The number of carbonyl (C=O) groups is 2. The van der Waals surface area contributed by atoms with Crippen LogP contribution in [0.2, 0.25) is 0 Å². The van der Waals surface area contributed by atoms with E-state index in [1.807, 2.05) is 0 Å². The van der Waals surface area contributed by atoms with E-state index in [1.165, 1.54) is 11.0 Å². The molecule has 0 atom stereocenters. The lowest BCUT2D eigenvalue weighted by molar-refractivity contribution is -0.0942. The number of rotatable bonds is 1. The molecule has 0 bridgehead atoms. The van der Waals surface area contributed by atoms with E-state index in [1.54, 1.807) is 19.1 Å². The monoisotopic (exact) mass is 340 g/mol. The molecule has 24 heavy (non-hydrogen) atoms. The van der Waals surface area contributed by atoms with Gasteiger partial charge >= 0.3 is 18.2 Å². The highest BCUT2D eigenvalue weighted by atomic mass is 19.4. The van der Waals surface area contributed by atoms with Crippen molar-refractivity contribution in [2.75, 3.05) is 18.1 Å². The second kappa shape index (κ2) is 5.85. The van der Waals surface area contributed by atoms with Crippen molar-refractivity contribution in [3.05, 3.63) is 30.0 Å². The zero-order valence-electron chi connectivity index (χ0n) is 12.9. The molecule has 2 aromatic rings. The van der Waals surface area contributed by atoms with E-state index in [9.17, 15) is 22.8 Å². The molecule has 1 aliphatic rings. The van der Waals surface area contributed by atoms with Crippen LogP contribution in [0.25, 0.3) is 10.9 Å². The summed E-state index contributed by atoms with van der Waals surface area (Å²) in [6, 6.07) is 4.60. The summed E-state index contributed by atoms with van der Waals surface area (Å²) in [5.41, 5.74) is 1.52. The third kappa shape index (κ3) is 2.72. The molecule has 8 heteroatoms. The third-order valence-corrected chi connectivity index (χ3v) is 3.96. The van der Waals surface area contributed by atoms with Crippen molar-refractivity contribution in [3.63, 3.8) is 0 Å². The molecule has 1 amide bonds. The number of hydrogen-bond donors (Lipinski definition) is 0. The maximum Gasteiger partial charge on any atom is 0.472 e. The van der Waals surface area contributed by atoms with Gasteiger partial charge in [-0.15, -0.1) is 0 Å². The molecule has 2 heterocycles. The molecule has 0 unspecified atom stereocenters. The smallest absolute Gasteiger partial charge is 0.449 e. The maximum absolute atomic E-state index is 12.7. The van der Waals surface area contributed by atoms with Gasteiger partial charge in [0, 0.05) is 18.1 Å². The number of benzene rings is 1. The summed E-state index contributed by atoms with van der Waals surface area (Å²) in [6.07, 6.45) is -3.04. The highest BCUT2D eigenvalue weighted by Gasteiger charge is 2.40. The van der Waals surface area contributed by atoms with E-state index in [-0.39, 0.29) is 12.1 Å². The van der Waals surface area contributed by atoms with Crippen LogP contribution in [0.5, 0.6) is 0 Å². The molecule has 1 aromatic carbocycles. The summed E-state index contributed by atoms with van der Waals surface area (Å²) in [7, 11) is 0. The Morgan fingerprint density at radius 2 is 2.04 bits per heavy atom. The first kappa shape index (κ1) is 16.4. The van der Waals surface area contributed by atoms with Crippen molar-refractivity contribution in [3.8, 4) is 0 Å². The SMILES string of the molecule is CCOC(=O)N1CCCc2cc3c(ccn3C(=O)C(F)(F)F)cc21. The zero-order chi connectivity index (χ0) is 17.5. The molecular weight excluding hydrogens is 325 g/mol. The minimum absolute atomic E-state index is 0.182. The quantitative estimate of drug-likeness (QED) is 0.794. The summed E-state index contributed by atoms with van der Waals surface area (Å²) < 4.78 is 43.7. The Balaban J connectivity index is 2.07. The van der Waals surface area contributed by atoms with E-state index in [2.05, 4.69) is 0 Å². The molecule has 0 spiro atoms. The largest absolute Gasteiger partial charge is 0.472 e. The fraction of sp³-hybridized carbons (Fsp3) is 0.375. The van der Waals surface area contributed by atoms with Gasteiger partial charge in [0.15, 0.2) is 0 Å². The Kier molecular flexibility index (Phi) is 3.98. The van der Waals surface area contributed by atoms with Gasteiger partial charge in [-0.1, -0.05) is 0 Å². The molecule has 3 rings (SSSR count). The normalized spacial score (nSPS) is 14.6. The number of nitrogens with zero attached hydrogens (tertiary/aromatic N) is 2. The van der Waals surface area contributed by atoms with E-state index in [0.29, 0.717) is 35.0 Å². The van der Waals surface area contributed by atoms with Crippen LogP contribution < -0.4 is 4.90 Å². The molecule has 0 saturated heterocycles. The number of carbonyl (C=O) groups excluding carboxylic acids is 2. The number of fused-ring (bicyclic) bond motifs is 2. The molecular formula is C16H15F3N2O3. The van der Waals surface area contributed by atoms with Gasteiger partial charge in [-0.25, -0.2) is 4.79 Å². The number of halogens is 3. The fourth-order valence-corrected chi connectivity index (χ4v) is 2.92. The first-order valence-electron chi connectivity index (χ1n) is 7.52. The minimum Gasteiger partial charge on any atom is -0.449 e. The zero-order valence-corrected chi connectivity index (χ0v) is 12.9. The Labute approximate surface area is 135 Å². The van der Waals surface area contributed by atoms with E-state index < -0.39 is 18.2 Å². The van der Waals surface area contributed by atoms with Crippen LogP contribution in [0.3, 0.4) is 0 Å². The number of aromatic nitrogens is 1. The number of alkyl halides is 3. The number of ether oxygens (including phenoxy) is 1. The lowest BCUT2D eigenvalue weighted by Crippen LogP contribution is -2.36. The molecule has 128 valence electrons. The van der Waals surface area contributed by atoms with Gasteiger partial charge in [0.05, 0.1) is 17.8 Å². The fourth-order valence-electron chi connectivity index (χ4n) is 2.92. The van der Waals surface area contributed by atoms with Crippen LogP contribution >= 0.6 is 0 Å². The van der Waals surface area contributed by atoms with Gasteiger partial charge in [0.1, 0.15) is 0 Å². The van der Waals surface area contributed by atoms with Crippen molar-refractivity contribution >= 4 is 28.6 Å². The first-order chi connectivity index (χ1) is 11.3. The summed E-state index contributed by atoms with van der Waals surface area (Å²) >= 11 is 0. The molecule has 0 saturated carbocycles. The number of aryl methyl sites for hydroxylation is 1. The molecule has 0 radical (unpaired) electrons. The molecule has 5 nitrogen and oxygen atoms in total. The van der Waals surface area contributed by atoms with Crippen LogP contribution in [-0.4, -0.2) is 35.9 Å². The standard InChI is InChI=1S/C16H15F3N2O3/c1-2-24-15(23)21-6-3-4-10-8-12-11(9-13(10)21)5-7-20(12)14(22)16(17,18)19/h5,7-9H,2-4,6H2,1H3. The van der Waals surface area contributed by atoms with Crippen LogP contribution in [0.4, 0.5) is 23.7 Å². The van der Waals surface area contributed by atoms with E-state index in [0.717, 1.165) is 11.8 Å². The van der Waals surface area contributed by atoms with Crippen LogP contribution in [-0.2, 0) is 11.2 Å². The van der Waals surface area contributed by atoms with Crippen molar-refractivity contribution in [2.45, 2.75) is 25.9 Å². The van der Waals surface area contributed by atoms with Crippen molar-refractivity contribution in [1.29, 1.82) is 0 Å². The molecule has 0 fully saturated rings. The molecule has 1 aliphatic heterocycles. The first-order valence-corrected chi connectivity index (χ1v) is 7.52. The number of hydrogen-bond acceptors (Lipinski definition) is 3. The average Bonchev–Trinajstić information content (AvgIpc) is 2.93. The topological polar surface area (TPSA) is 51.5 Å². The average molecular weight is 340 g/mol. The van der Waals surface area contributed by atoms with Gasteiger partial charge in [0.25, 0.3) is 0 Å².